The fourth-order valence-electron chi connectivity index (χ4n) is 4.34. The Hall–Kier alpha value is -2.82. The highest BCUT2D eigenvalue weighted by atomic mass is 16.5. The van der Waals surface area contributed by atoms with Gasteiger partial charge in [-0.05, 0) is 37.0 Å². The minimum absolute atomic E-state index is 0.124. The van der Waals surface area contributed by atoms with E-state index in [-0.39, 0.29) is 17.9 Å². The smallest absolute Gasteiger partial charge is 0.335 e. The Labute approximate surface area is 152 Å². The molecule has 5 heteroatoms. The maximum absolute atomic E-state index is 12.3. The van der Waals surface area contributed by atoms with Crippen LogP contribution in [-0.2, 0) is 20.7 Å². The number of hydrogen-bond acceptors (Lipinski definition) is 4. The van der Waals surface area contributed by atoms with E-state index in [0.717, 1.165) is 24.8 Å². The van der Waals surface area contributed by atoms with Gasteiger partial charge in [0.2, 0.25) is 0 Å². The predicted molar refractivity (Wildman–Crippen MR) is 99.5 cm³/mol. The van der Waals surface area contributed by atoms with Crippen LogP contribution in [0.1, 0.15) is 30.6 Å². The Morgan fingerprint density at radius 1 is 1.35 bits per heavy atom. The molecular weight excluding hydrogens is 328 g/mol. The Bertz CT molecular complexity index is 938. The molecule has 26 heavy (non-hydrogen) atoms. The average molecular weight is 350 g/mol. The topological polar surface area (TPSA) is 62.4 Å². The summed E-state index contributed by atoms with van der Waals surface area (Å²) in [5.74, 6) is -0.611. The molecule has 2 aliphatic heterocycles. The van der Waals surface area contributed by atoms with Gasteiger partial charge in [0, 0.05) is 35.3 Å². The standard InChI is InChI=1S/C21H22N2O3/c1-3-13(12-24)16-10-19-20-15(14-6-4-5-7-18(14)22-20)8-9-23(19)11-17(16)21(25)26-2/h3-7,11-12,16,19,22H,8-10H2,1-2H3/b13-3+/t16-,19-/m0/s1. The van der Waals surface area contributed by atoms with Gasteiger partial charge >= 0.3 is 5.97 Å². The van der Waals surface area contributed by atoms with E-state index >= 15 is 0 Å². The molecule has 0 amide bonds. The van der Waals surface area contributed by atoms with Gasteiger partial charge in [0.1, 0.15) is 6.29 Å². The van der Waals surface area contributed by atoms with E-state index in [4.69, 9.17) is 4.74 Å². The molecule has 0 spiro atoms. The van der Waals surface area contributed by atoms with Crippen molar-refractivity contribution in [2.24, 2.45) is 5.92 Å². The third-order valence-electron chi connectivity index (χ3n) is 5.63. The maximum Gasteiger partial charge on any atom is 0.335 e. The first-order chi connectivity index (χ1) is 12.7. The van der Waals surface area contributed by atoms with Gasteiger partial charge in [0.15, 0.2) is 0 Å². The van der Waals surface area contributed by atoms with Crippen molar-refractivity contribution in [1.82, 2.24) is 9.88 Å². The van der Waals surface area contributed by atoms with Crippen LogP contribution in [0, 0.1) is 5.92 Å². The molecule has 3 heterocycles. The minimum atomic E-state index is -0.364. The number of aldehydes is 1. The Morgan fingerprint density at radius 3 is 2.88 bits per heavy atom. The van der Waals surface area contributed by atoms with Crippen LogP contribution >= 0.6 is 0 Å². The van der Waals surface area contributed by atoms with E-state index in [0.29, 0.717) is 17.6 Å². The van der Waals surface area contributed by atoms with Crippen molar-refractivity contribution in [2.75, 3.05) is 13.7 Å². The van der Waals surface area contributed by atoms with E-state index in [2.05, 4.69) is 28.1 Å². The molecule has 0 fully saturated rings. The van der Waals surface area contributed by atoms with E-state index in [1.165, 1.54) is 23.8 Å². The Morgan fingerprint density at radius 2 is 2.15 bits per heavy atom. The molecule has 1 N–H and O–H groups in total. The van der Waals surface area contributed by atoms with E-state index in [9.17, 15) is 9.59 Å². The maximum atomic E-state index is 12.3. The summed E-state index contributed by atoms with van der Waals surface area (Å²) in [5.41, 5.74) is 4.88. The summed E-state index contributed by atoms with van der Waals surface area (Å²) in [6.45, 7) is 2.68. The second kappa shape index (κ2) is 6.48. The average Bonchev–Trinajstić information content (AvgIpc) is 3.07. The summed E-state index contributed by atoms with van der Waals surface area (Å²) in [6, 6.07) is 8.47. The molecule has 1 aromatic heterocycles. The van der Waals surface area contributed by atoms with Crippen LogP contribution in [0.3, 0.4) is 0 Å². The van der Waals surface area contributed by atoms with Crippen LogP contribution in [0.4, 0.5) is 0 Å². The summed E-state index contributed by atoms with van der Waals surface area (Å²) >= 11 is 0. The van der Waals surface area contributed by atoms with Crippen molar-refractivity contribution < 1.29 is 14.3 Å². The summed E-state index contributed by atoms with van der Waals surface area (Å²) < 4.78 is 4.97. The zero-order valence-corrected chi connectivity index (χ0v) is 15.0. The number of carbonyl (C=O) groups excluding carboxylic acids is 2. The molecule has 2 aromatic rings. The number of esters is 1. The van der Waals surface area contributed by atoms with Crippen molar-refractivity contribution in [2.45, 2.75) is 25.8 Å². The van der Waals surface area contributed by atoms with Crippen LogP contribution in [0.25, 0.3) is 10.9 Å². The van der Waals surface area contributed by atoms with Crippen LogP contribution in [-0.4, -0.2) is 35.8 Å². The molecule has 0 radical (unpaired) electrons. The number of ether oxygens (including phenoxy) is 1. The lowest BCUT2D eigenvalue weighted by Crippen LogP contribution is -2.38. The van der Waals surface area contributed by atoms with Gasteiger partial charge in [0.05, 0.1) is 18.7 Å². The number of aromatic nitrogens is 1. The molecule has 1 aromatic carbocycles. The lowest BCUT2D eigenvalue weighted by molar-refractivity contribution is -0.137. The molecule has 0 aliphatic carbocycles. The first-order valence-corrected chi connectivity index (χ1v) is 8.94. The molecule has 2 atom stereocenters. The van der Waals surface area contributed by atoms with Crippen LogP contribution in [0.2, 0.25) is 0 Å². The van der Waals surface area contributed by atoms with Crippen molar-refractivity contribution in [3.8, 4) is 0 Å². The predicted octanol–water partition coefficient (Wildman–Crippen LogP) is 3.29. The SMILES string of the molecule is C/C=C(\C=O)[C@@H]1C[C@H]2c3[nH]c4ccccc4c3CCN2C=C1C(=O)OC. The van der Waals surface area contributed by atoms with Gasteiger partial charge in [-0.15, -0.1) is 0 Å². The highest BCUT2D eigenvalue weighted by molar-refractivity contribution is 5.92. The Balaban J connectivity index is 1.82. The normalized spacial score (nSPS) is 22.5. The first-order valence-electron chi connectivity index (χ1n) is 8.94. The van der Waals surface area contributed by atoms with Crippen LogP contribution in [0.5, 0.6) is 0 Å². The zero-order chi connectivity index (χ0) is 18.3. The van der Waals surface area contributed by atoms with Crippen molar-refractivity contribution in [3.05, 3.63) is 58.9 Å². The molecular formula is C21H22N2O3. The number of H-pyrrole nitrogens is 1. The second-order valence-electron chi connectivity index (χ2n) is 6.84. The van der Waals surface area contributed by atoms with Crippen LogP contribution < -0.4 is 0 Å². The lowest BCUT2D eigenvalue weighted by Gasteiger charge is -2.41. The van der Waals surface area contributed by atoms with Crippen molar-refractivity contribution >= 4 is 23.2 Å². The number of methoxy groups -OCH3 is 1. The largest absolute Gasteiger partial charge is 0.466 e. The number of hydrogen-bond donors (Lipinski definition) is 1. The van der Waals surface area contributed by atoms with Gasteiger partial charge in [-0.2, -0.15) is 0 Å². The fourth-order valence-corrected chi connectivity index (χ4v) is 4.34. The number of carbonyl (C=O) groups is 2. The van der Waals surface area contributed by atoms with Gasteiger partial charge in [0.25, 0.3) is 0 Å². The van der Waals surface area contributed by atoms with Gasteiger partial charge in [-0.3, -0.25) is 4.79 Å². The van der Waals surface area contributed by atoms with Crippen molar-refractivity contribution in [3.63, 3.8) is 0 Å². The molecule has 2 aliphatic rings. The summed E-state index contributed by atoms with van der Waals surface area (Å²) in [7, 11) is 1.38. The molecule has 0 saturated heterocycles. The summed E-state index contributed by atoms with van der Waals surface area (Å²) in [4.78, 5) is 29.7. The molecule has 0 unspecified atom stereocenters. The van der Waals surface area contributed by atoms with Gasteiger partial charge in [-0.25, -0.2) is 4.79 Å². The number of allylic oxidation sites excluding steroid dienone is 2. The molecule has 0 bridgehead atoms. The number of benzene rings is 1. The monoisotopic (exact) mass is 350 g/mol. The van der Waals surface area contributed by atoms with Crippen LogP contribution in [0.15, 0.2) is 47.7 Å². The number of aromatic amines is 1. The number of nitrogens with zero attached hydrogens (tertiary/aromatic N) is 1. The van der Waals surface area contributed by atoms with E-state index in [1.807, 2.05) is 19.2 Å². The fraction of sp³-hybridized carbons (Fsp3) is 0.333. The molecule has 0 saturated carbocycles. The molecule has 5 nitrogen and oxygen atoms in total. The molecule has 134 valence electrons. The minimum Gasteiger partial charge on any atom is -0.466 e. The van der Waals surface area contributed by atoms with Gasteiger partial charge in [-0.1, -0.05) is 24.3 Å². The summed E-state index contributed by atoms with van der Waals surface area (Å²) in [5, 5.41) is 1.27. The van der Waals surface area contributed by atoms with Gasteiger partial charge < -0.3 is 14.6 Å². The highest BCUT2D eigenvalue weighted by Gasteiger charge is 2.39. The number of nitrogens with one attached hydrogen (secondary N) is 1. The summed E-state index contributed by atoms with van der Waals surface area (Å²) in [6.07, 6.45) is 6.14. The highest BCUT2D eigenvalue weighted by Crippen LogP contribution is 2.44. The van der Waals surface area contributed by atoms with E-state index < -0.39 is 0 Å². The number of para-hydroxylation sites is 1. The number of fused-ring (bicyclic) bond motifs is 5. The number of rotatable bonds is 3. The zero-order valence-electron chi connectivity index (χ0n) is 15.0. The molecule has 4 rings (SSSR count). The lowest BCUT2D eigenvalue weighted by atomic mass is 9.80. The third kappa shape index (κ3) is 2.46. The van der Waals surface area contributed by atoms with Crippen molar-refractivity contribution in [1.29, 1.82) is 0 Å². The quantitative estimate of drug-likeness (QED) is 0.524. The first kappa shape index (κ1) is 16.6. The van der Waals surface area contributed by atoms with E-state index in [1.54, 1.807) is 6.08 Å². The third-order valence-corrected chi connectivity index (χ3v) is 5.63. The Kier molecular flexibility index (Phi) is 4.15. The second-order valence-corrected chi connectivity index (χ2v) is 6.84.